The molecule has 0 saturated carbocycles. The average Bonchev–Trinajstić information content (AvgIpc) is 3.02. The summed E-state index contributed by atoms with van der Waals surface area (Å²) in [5.74, 6) is 1.33. The number of rotatable bonds is 3. The van der Waals surface area contributed by atoms with E-state index in [1.807, 2.05) is 49.4 Å². The number of imidazole rings is 1. The third kappa shape index (κ3) is 2.65. The largest absolute Gasteiger partial charge is 0.376 e. The molecule has 0 saturated heterocycles. The van der Waals surface area contributed by atoms with Gasteiger partial charge in [-0.25, -0.2) is 9.78 Å². The molecule has 2 aromatic carbocycles. The summed E-state index contributed by atoms with van der Waals surface area (Å²) < 4.78 is 1.49. The van der Waals surface area contributed by atoms with Gasteiger partial charge in [0.2, 0.25) is 0 Å². The number of hydrogen-bond donors (Lipinski definition) is 0. The zero-order valence-electron chi connectivity index (χ0n) is 12.6. The van der Waals surface area contributed by atoms with Gasteiger partial charge in [-0.15, -0.1) is 0 Å². The predicted molar refractivity (Wildman–Crippen MR) is 84.7 cm³/mol. The fourth-order valence-electron chi connectivity index (χ4n) is 2.34. The van der Waals surface area contributed by atoms with Crippen LogP contribution in [-0.2, 0) is 6.42 Å². The lowest BCUT2D eigenvalue weighted by molar-refractivity contribution is 0.0124. The number of amides is 1. The number of carbonyl (C=O) groups is 1. The van der Waals surface area contributed by atoms with E-state index in [1.54, 1.807) is 19.4 Å². The molecule has 112 valence electrons. The number of carbonyl (C=O) groups excluding carboxylic acids is 1. The van der Waals surface area contributed by atoms with Crippen molar-refractivity contribution in [3.05, 3.63) is 60.7 Å². The fraction of sp³-hybridized carbons (Fsp3) is 0.176. The lowest BCUT2D eigenvalue weighted by Gasteiger charge is -2.18. The van der Waals surface area contributed by atoms with Crippen LogP contribution in [0.1, 0.15) is 12.7 Å². The molecule has 0 spiro atoms. The summed E-state index contributed by atoms with van der Waals surface area (Å²) in [7, 11) is 1.59. The van der Waals surface area contributed by atoms with Crippen LogP contribution in [0, 0.1) is 0 Å². The zero-order valence-corrected chi connectivity index (χ0v) is 12.6. The third-order valence-corrected chi connectivity index (χ3v) is 3.47. The number of fused-ring (bicyclic) bond motifs is 1. The van der Waals surface area contributed by atoms with Crippen molar-refractivity contribution in [2.75, 3.05) is 7.05 Å². The average molecular weight is 295 g/mol. The Morgan fingerprint density at radius 3 is 2.77 bits per heavy atom. The smallest absolute Gasteiger partial charge is 0.362 e. The molecule has 3 rings (SSSR count). The van der Waals surface area contributed by atoms with E-state index in [9.17, 15) is 4.79 Å². The fourth-order valence-corrected chi connectivity index (χ4v) is 2.34. The molecule has 0 fully saturated rings. The van der Waals surface area contributed by atoms with Gasteiger partial charge >= 0.3 is 6.03 Å². The van der Waals surface area contributed by atoms with Crippen molar-refractivity contribution in [2.45, 2.75) is 13.3 Å². The lowest BCUT2D eigenvalue weighted by atomic mass is 10.1. The minimum atomic E-state index is -0.275. The van der Waals surface area contributed by atoms with Gasteiger partial charge in [0.05, 0.1) is 7.05 Å². The van der Waals surface area contributed by atoms with Crippen LogP contribution >= 0.6 is 0 Å². The Bertz CT molecular complexity index is 810. The van der Waals surface area contributed by atoms with Crippen LogP contribution in [0.5, 0.6) is 5.75 Å². The molecule has 0 atom stereocenters. The van der Waals surface area contributed by atoms with Crippen molar-refractivity contribution in [3.8, 4) is 5.75 Å². The molecule has 1 amide bonds. The van der Waals surface area contributed by atoms with Crippen molar-refractivity contribution in [1.82, 2.24) is 14.6 Å². The molecule has 0 aliphatic carbocycles. The van der Waals surface area contributed by atoms with E-state index in [2.05, 4.69) is 4.98 Å². The van der Waals surface area contributed by atoms with Gasteiger partial charge < -0.3 is 4.84 Å². The Hall–Kier alpha value is -2.82. The predicted octanol–water partition coefficient (Wildman–Crippen LogP) is 3.49. The highest BCUT2D eigenvalue weighted by Gasteiger charge is 2.16. The molecule has 0 aliphatic heterocycles. The molecule has 0 aliphatic rings. The Balaban J connectivity index is 1.80. The summed E-state index contributed by atoms with van der Waals surface area (Å²) in [4.78, 5) is 22.2. The normalized spacial score (nSPS) is 10.6. The Morgan fingerprint density at radius 2 is 2.00 bits per heavy atom. The minimum Gasteiger partial charge on any atom is -0.376 e. The summed E-state index contributed by atoms with van der Waals surface area (Å²) in [5, 5.41) is 3.41. The maximum atomic E-state index is 12.4. The molecule has 22 heavy (non-hydrogen) atoms. The van der Waals surface area contributed by atoms with Gasteiger partial charge in [-0.3, -0.25) is 4.57 Å². The topological polar surface area (TPSA) is 47.4 Å². The standard InChI is InChI=1S/C17H17N3O2/c1-3-16-18-10-11-20(16)17(21)19(2)22-15-9-8-13-6-4-5-7-14(13)12-15/h4-12H,3H2,1-2H3. The molecule has 0 N–H and O–H groups in total. The molecular formula is C17H17N3O2. The molecule has 0 bridgehead atoms. The number of aromatic nitrogens is 2. The van der Waals surface area contributed by atoms with Gasteiger partial charge in [0, 0.05) is 18.8 Å². The van der Waals surface area contributed by atoms with E-state index in [0.29, 0.717) is 18.0 Å². The summed E-state index contributed by atoms with van der Waals surface area (Å²) in [6, 6.07) is 13.5. The van der Waals surface area contributed by atoms with Crippen molar-refractivity contribution < 1.29 is 9.63 Å². The molecule has 5 heteroatoms. The first-order chi connectivity index (χ1) is 10.7. The van der Waals surface area contributed by atoms with Gasteiger partial charge in [-0.2, -0.15) is 5.06 Å². The van der Waals surface area contributed by atoms with E-state index in [1.165, 1.54) is 9.63 Å². The maximum absolute atomic E-state index is 12.4. The molecule has 0 unspecified atom stereocenters. The van der Waals surface area contributed by atoms with Crippen molar-refractivity contribution in [2.24, 2.45) is 0 Å². The molecule has 3 aromatic rings. The molecule has 0 radical (unpaired) electrons. The van der Waals surface area contributed by atoms with Crippen molar-refractivity contribution in [3.63, 3.8) is 0 Å². The second-order valence-electron chi connectivity index (χ2n) is 4.95. The maximum Gasteiger partial charge on any atom is 0.362 e. The van der Waals surface area contributed by atoms with Crippen LogP contribution in [0.25, 0.3) is 10.8 Å². The van der Waals surface area contributed by atoms with Crippen LogP contribution in [-0.4, -0.2) is 27.7 Å². The monoisotopic (exact) mass is 295 g/mol. The second-order valence-corrected chi connectivity index (χ2v) is 4.95. The van der Waals surface area contributed by atoms with Crippen LogP contribution in [0.3, 0.4) is 0 Å². The number of nitrogens with zero attached hydrogens (tertiary/aromatic N) is 3. The third-order valence-electron chi connectivity index (χ3n) is 3.47. The highest BCUT2D eigenvalue weighted by Crippen LogP contribution is 2.21. The van der Waals surface area contributed by atoms with Crippen molar-refractivity contribution >= 4 is 16.8 Å². The van der Waals surface area contributed by atoms with E-state index in [0.717, 1.165) is 10.8 Å². The van der Waals surface area contributed by atoms with Crippen LogP contribution < -0.4 is 4.84 Å². The van der Waals surface area contributed by atoms with Crippen LogP contribution in [0.15, 0.2) is 54.9 Å². The SMILES string of the molecule is CCc1nccn1C(=O)N(C)Oc1ccc2ccccc2c1. The lowest BCUT2D eigenvalue weighted by Crippen LogP contribution is -2.34. The van der Waals surface area contributed by atoms with E-state index >= 15 is 0 Å². The quantitative estimate of drug-likeness (QED) is 0.695. The Labute approximate surface area is 128 Å². The van der Waals surface area contributed by atoms with Gasteiger partial charge in [-0.05, 0) is 22.9 Å². The first-order valence-electron chi connectivity index (χ1n) is 7.16. The molecule has 1 aromatic heterocycles. The van der Waals surface area contributed by atoms with E-state index < -0.39 is 0 Å². The number of aryl methyl sites for hydroxylation is 1. The highest BCUT2D eigenvalue weighted by molar-refractivity contribution is 5.83. The first-order valence-corrected chi connectivity index (χ1v) is 7.16. The van der Waals surface area contributed by atoms with Gasteiger partial charge in [-0.1, -0.05) is 37.3 Å². The first kappa shape index (κ1) is 14.1. The molecule has 1 heterocycles. The zero-order chi connectivity index (χ0) is 15.5. The summed E-state index contributed by atoms with van der Waals surface area (Å²) >= 11 is 0. The molecule has 5 nitrogen and oxygen atoms in total. The summed E-state index contributed by atoms with van der Waals surface area (Å²) in [6.45, 7) is 1.95. The number of benzene rings is 2. The van der Waals surface area contributed by atoms with E-state index in [-0.39, 0.29) is 6.03 Å². The van der Waals surface area contributed by atoms with Crippen LogP contribution in [0.4, 0.5) is 4.79 Å². The van der Waals surface area contributed by atoms with Gasteiger partial charge in [0.15, 0.2) is 5.75 Å². The molecular weight excluding hydrogens is 278 g/mol. The Morgan fingerprint density at radius 1 is 1.23 bits per heavy atom. The number of hydrogen-bond acceptors (Lipinski definition) is 3. The number of hydroxylamine groups is 2. The van der Waals surface area contributed by atoms with Crippen molar-refractivity contribution in [1.29, 1.82) is 0 Å². The Kier molecular flexibility index (Phi) is 3.78. The van der Waals surface area contributed by atoms with Gasteiger partial charge in [0.25, 0.3) is 0 Å². The highest BCUT2D eigenvalue weighted by atomic mass is 16.7. The second kappa shape index (κ2) is 5.89. The summed E-state index contributed by atoms with van der Waals surface area (Å²) in [5.41, 5.74) is 0. The van der Waals surface area contributed by atoms with Gasteiger partial charge in [0.1, 0.15) is 5.82 Å². The van der Waals surface area contributed by atoms with E-state index in [4.69, 9.17) is 4.84 Å². The summed E-state index contributed by atoms with van der Waals surface area (Å²) in [6.07, 6.45) is 3.94. The van der Waals surface area contributed by atoms with Crippen LogP contribution in [0.2, 0.25) is 0 Å². The minimum absolute atomic E-state index is 0.275.